The fourth-order valence-corrected chi connectivity index (χ4v) is 3.08. The van der Waals surface area contributed by atoms with Crippen molar-refractivity contribution >= 4 is 23.2 Å². The van der Waals surface area contributed by atoms with Crippen molar-refractivity contribution < 1.29 is 4.74 Å². The Morgan fingerprint density at radius 1 is 1.44 bits per heavy atom. The maximum Gasteiger partial charge on any atom is 0.0640 e. The van der Waals surface area contributed by atoms with Gasteiger partial charge in [-0.25, -0.2) is 0 Å². The van der Waals surface area contributed by atoms with E-state index in [-0.39, 0.29) is 12.1 Å². The third-order valence-corrected chi connectivity index (χ3v) is 4.44. The molecule has 0 aliphatic carbocycles. The predicted octanol–water partition coefficient (Wildman–Crippen LogP) is 4.07. The molecule has 1 aromatic carbocycles. The van der Waals surface area contributed by atoms with E-state index in [0.29, 0.717) is 16.0 Å². The highest BCUT2D eigenvalue weighted by Crippen LogP contribution is 2.38. The summed E-state index contributed by atoms with van der Waals surface area (Å²) in [6.07, 6.45) is 1.31. The average Bonchev–Trinajstić information content (AvgIpc) is 2.76. The molecule has 1 aliphatic heterocycles. The van der Waals surface area contributed by atoms with Crippen LogP contribution in [0.15, 0.2) is 18.2 Å². The van der Waals surface area contributed by atoms with E-state index in [9.17, 15) is 0 Å². The van der Waals surface area contributed by atoms with E-state index in [1.807, 2.05) is 18.2 Å². The Labute approximate surface area is 119 Å². The predicted molar refractivity (Wildman–Crippen MR) is 76.4 cm³/mol. The Bertz CT molecular complexity index is 411. The molecule has 3 unspecified atom stereocenters. The van der Waals surface area contributed by atoms with Crippen LogP contribution in [0.25, 0.3) is 0 Å². The molecule has 1 aromatic rings. The fourth-order valence-electron chi connectivity index (χ4n) is 2.66. The highest BCUT2D eigenvalue weighted by molar-refractivity contribution is 6.42. The third kappa shape index (κ3) is 2.83. The van der Waals surface area contributed by atoms with Gasteiger partial charge in [0.2, 0.25) is 0 Å². The summed E-state index contributed by atoms with van der Waals surface area (Å²) in [5, 5.41) is 4.79. The van der Waals surface area contributed by atoms with E-state index in [1.165, 1.54) is 0 Å². The molecule has 1 fully saturated rings. The molecule has 100 valence electrons. The van der Waals surface area contributed by atoms with E-state index in [0.717, 1.165) is 25.1 Å². The molecule has 0 aromatic heterocycles. The highest BCUT2D eigenvalue weighted by atomic mass is 35.5. The molecule has 0 bridgehead atoms. The molecule has 18 heavy (non-hydrogen) atoms. The molecule has 2 nitrogen and oxygen atoms in total. The van der Waals surface area contributed by atoms with Crippen LogP contribution in [0.4, 0.5) is 0 Å². The minimum Gasteiger partial charge on any atom is -0.378 e. The van der Waals surface area contributed by atoms with Gasteiger partial charge in [-0.15, -0.1) is 0 Å². The quantitative estimate of drug-likeness (QED) is 0.901. The van der Waals surface area contributed by atoms with Crippen molar-refractivity contribution in [1.82, 2.24) is 5.32 Å². The molecule has 0 saturated carbocycles. The first kappa shape index (κ1) is 14.1. The summed E-state index contributed by atoms with van der Waals surface area (Å²) < 4.78 is 5.67. The van der Waals surface area contributed by atoms with Gasteiger partial charge in [0.25, 0.3) is 0 Å². The number of halogens is 2. The van der Waals surface area contributed by atoms with Crippen molar-refractivity contribution in [3.63, 3.8) is 0 Å². The van der Waals surface area contributed by atoms with Crippen LogP contribution in [-0.2, 0) is 4.74 Å². The van der Waals surface area contributed by atoms with Crippen molar-refractivity contribution in [2.75, 3.05) is 13.2 Å². The number of hydrogen-bond donors (Lipinski definition) is 1. The third-order valence-electron chi connectivity index (χ3n) is 3.60. The van der Waals surface area contributed by atoms with Crippen LogP contribution in [0, 0.1) is 5.92 Å². The lowest BCUT2D eigenvalue weighted by molar-refractivity contribution is 0.0956. The second-order valence-corrected chi connectivity index (χ2v) is 5.49. The molecule has 1 heterocycles. The molecular weight excluding hydrogens is 269 g/mol. The minimum atomic E-state index is 0.207. The lowest BCUT2D eigenvalue weighted by atomic mass is 9.88. The Hall–Kier alpha value is -0.280. The standard InChI is InChI=1S/C14H19Cl2NO/c1-3-17-14(10-7-8-18-9(10)2)11-5-4-6-12(15)13(11)16/h4-6,9-10,14,17H,3,7-8H2,1-2H3. The molecule has 2 rings (SSSR count). The zero-order chi connectivity index (χ0) is 13.1. The topological polar surface area (TPSA) is 21.3 Å². The van der Waals surface area contributed by atoms with Gasteiger partial charge in [-0.3, -0.25) is 0 Å². The number of ether oxygens (including phenoxy) is 1. The van der Waals surface area contributed by atoms with Crippen LogP contribution in [0.5, 0.6) is 0 Å². The smallest absolute Gasteiger partial charge is 0.0640 e. The first-order valence-corrected chi connectivity index (χ1v) is 7.19. The van der Waals surface area contributed by atoms with Crippen molar-refractivity contribution in [2.45, 2.75) is 32.4 Å². The largest absolute Gasteiger partial charge is 0.378 e. The van der Waals surface area contributed by atoms with E-state index < -0.39 is 0 Å². The maximum atomic E-state index is 6.34. The van der Waals surface area contributed by atoms with Crippen molar-refractivity contribution in [3.05, 3.63) is 33.8 Å². The van der Waals surface area contributed by atoms with Gasteiger partial charge in [-0.1, -0.05) is 42.3 Å². The lowest BCUT2D eigenvalue weighted by Crippen LogP contribution is -2.32. The number of benzene rings is 1. The Kier molecular flexibility index (Phi) is 4.91. The molecule has 3 atom stereocenters. The number of rotatable bonds is 4. The first-order valence-electron chi connectivity index (χ1n) is 6.44. The summed E-state index contributed by atoms with van der Waals surface area (Å²) in [5.41, 5.74) is 1.08. The normalized spacial score (nSPS) is 25.3. The SMILES string of the molecule is CCNC(c1cccc(Cl)c1Cl)C1CCOC1C. The molecule has 1 saturated heterocycles. The summed E-state index contributed by atoms with van der Waals surface area (Å²) in [7, 11) is 0. The maximum absolute atomic E-state index is 6.34. The van der Waals surface area contributed by atoms with Gasteiger partial charge in [0.1, 0.15) is 0 Å². The van der Waals surface area contributed by atoms with Crippen LogP contribution < -0.4 is 5.32 Å². The zero-order valence-electron chi connectivity index (χ0n) is 10.7. The summed E-state index contributed by atoms with van der Waals surface area (Å²) >= 11 is 12.4. The van der Waals surface area contributed by atoms with Crippen molar-refractivity contribution in [2.24, 2.45) is 5.92 Å². The van der Waals surface area contributed by atoms with Gasteiger partial charge in [-0.05, 0) is 31.5 Å². The van der Waals surface area contributed by atoms with Gasteiger partial charge in [0, 0.05) is 18.6 Å². The summed E-state index contributed by atoms with van der Waals surface area (Å²) in [4.78, 5) is 0. The second-order valence-electron chi connectivity index (χ2n) is 4.71. The number of nitrogens with one attached hydrogen (secondary N) is 1. The fraction of sp³-hybridized carbons (Fsp3) is 0.571. The van der Waals surface area contributed by atoms with Crippen LogP contribution >= 0.6 is 23.2 Å². The summed E-state index contributed by atoms with van der Waals surface area (Å²) in [5.74, 6) is 0.445. The zero-order valence-corrected chi connectivity index (χ0v) is 12.3. The molecule has 0 radical (unpaired) electrons. The summed E-state index contributed by atoms with van der Waals surface area (Å²) in [6, 6.07) is 6.03. The van der Waals surface area contributed by atoms with E-state index in [2.05, 4.69) is 19.2 Å². The molecular formula is C14H19Cl2NO. The second kappa shape index (κ2) is 6.25. The van der Waals surface area contributed by atoms with Gasteiger partial charge < -0.3 is 10.1 Å². The van der Waals surface area contributed by atoms with Crippen molar-refractivity contribution in [3.8, 4) is 0 Å². The molecule has 4 heteroatoms. The minimum absolute atomic E-state index is 0.207. The van der Waals surface area contributed by atoms with Crippen LogP contribution in [0.1, 0.15) is 31.9 Å². The van der Waals surface area contributed by atoms with Gasteiger partial charge in [0.15, 0.2) is 0 Å². The van der Waals surface area contributed by atoms with E-state index >= 15 is 0 Å². The van der Waals surface area contributed by atoms with Crippen molar-refractivity contribution in [1.29, 1.82) is 0 Å². The summed E-state index contributed by atoms with van der Waals surface area (Å²) in [6.45, 7) is 5.95. The van der Waals surface area contributed by atoms with Crippen LogP contribution in [0.2, 0.25) is 10.0 Å². The Morgan fingerprint density at radius 2 is 2.22 bits per heavy atom. The van der Waals surface area contributed by atoms with Gasteiger partial charge in [-0.2, -0.15) is 0 Å². The van der Waals surface area contributed by atoms with Gasteiger partial charge >= 0.3 is 0 Å². The average molecular weight is 288 g/mol. The van der Waals surface area contributed by atoms with E-state index in [1.54, 1.807) is 0 Å². The Balaban J connectivity index is 2.31. The van der Waals surface area contributed by atoms with Crippen LogP contribution in [0.3, 0.4) is 0 Å². The Morgan fingerprint density at radius 3 is 2.83 bits per heavy atom. The van der Waals surface area contributed by atoms with E-state index in [4.69, 9.17) is 27.9 Å². The van der Waals surface area contributed by atoms with Crippen LogP contribution in [-0.4, -0.2) is 19.3 Å². The number of hydrogen-bond acceptors (Lipinski definition) is 2. The first-order chi connectivity index (χ1) is 8.65. The van der Waals surface area contributed by atoms with Gasteiger partial charge in [0.05, 0.1) is 16.1 Å². The molecule has 1 aliphatic rings. The molecule has 0 spiro atoms. The molecule has 1 N–H and O–H groups in total. The molecule has 0 amide bonds. The lowest BCUT2D eigenvalue weighted by Gasteiger charge is -2.28. The highest BCUT2D eigenvalue weighted by Gasteiger charge is 2.33. The monoisotopic (exact) mass is 287 g/mol.